The van der Waals surface area contributed by atoms with Crippen molar-refractivity contribution in [1.82, 2.24) is 4.98 Å². The Morgan fingerprint density at radius 1 is 1.22 bits per heavy atom. The van der Waals surface area contributed by atoms with Gasteiger partial charge < -0.3 is 10.6 Å². The van der Waals surface area contributed by atoms with Gasteiger partial charge in [-0.2, -0.15) is 0 Å². The van der Waals surface area contributed by atoms with Crippen molar-refractivity contribution in [2.45, 2.75) is 38.1 Å². The molecule has 1 aliphatic rings. The number of carbonyl (C=O) groups is 1. The van der Waals surface area contributed by atoms with E-state index in [1.165, 1.54) is 37.8 Å². The van der Waals surface area contributed by atoms with Gasteiger partial charge in [-0.25, -0.2) is 9.37 Å². The number of aromatic nitrogens is 1. The molecule has 4 nitrogen and oxygen atoms in total. The summed E-state index contributed by atoms with van der Waals surface area (Å²) >= 11 is 0. The van der Waals surface area contributed by atoms with Gasteiger partial charge in [0.2, 0.25) is 5.91 Å². The van der Waals surface area contributed by atoms with E-state index in [0.29, 0.717) is 17.3 Å². The average Bonchev–Trinajstić information content (AvgIpc) is 3.02. The van der Waals surface area contributed by atoms with Crippen LogP contribution in [-0.4, -0.2) is 16.9 Å². The van der Waals surface area contributed by atoms with Gasteiger partial charge in [-0.1, -0.05) is 25.0 Å². The zero-order valence-electron chi connectivity index (χ0n) is 12.9. The van der Waals surface area contributed by atoms with Crippen molar-refractivity contribution >= 4 is 17.4 Å². The summed E-state index contributed by atoms with van der Waals surface area (Å²) in [6.45, 7) is 0. The van der Waals surface area contributed by atoms with Gasteiger partial charge in [-0.05, 0) is 42.7 Å². The quantitative estimate of drug-likeness (QED) is 0.884. The van der Waals surface area contributed by atoms with E-state index >= 15 is 0 Å². The lowest BCUT2D eigenvalue weighted by Gasteiger charge is -2.13. The Labute approximate surface area is 135 Å². The van der Waals surface area contributed by atoms with Crippen LogP contribution in [0.2, 0.25) is 0 Å². The number of halogens is 1. The molecule has 1 aromatic carbocycles. The van der Waals surface area contributed by atoms with Crippen molar-refractivity contribution in [1.29, 1.82) is 0 Å². The van der Waals surface area contributed by atoms with E-state index in [-0.39, 0.29) is 18.1 Å². The van der Waals surface area contributed by atoms with Gasteiger partial charge in [0.1, 0.15) is 11.6 Å². The molecule has 0 atom stereocenters. The third-order valence-electron chi connectivity index (χ3n) is 4.01. The highest BCUT2D eigenvalue weighted by atomic mass is 19.1. The Hall–Kier alpha value is -2.43. The highest BCUT2D eigenvalue weighted by Gasteiger charge is 2.14. The average molecular weight is 313 g/mol. The van der Waals surface area contributed by atoms with Gasteiger partial charge in [-0.3, -0.25) is 4.79 Å². The van der Waals surface area contributed by atoms with E-state index < -0.39 is 0 Å². The van der Waals surface area contributed by atoms with Crippen molar-refractivity contribution in [2.24, 2.45) is 0 Å². The summed E-state index contributed by atoms with van der Waals surface area (Å²) in [6.07, 6.45) is 6.69. The number of hydrogen-bond acceptors (Lipinski definition) is 3. The number of amides is 1. The topological polar surface area (TPSA) is 54.0 Å². The molecular weight excluding hydrogens is 293 g/mol. The summed E-state index contributed by atoms with van der Waals surface area (Å²) in [6, 6.07) is 10.3. The van der Waals surface area contributed by atoms with Crippen LogP contribution in [0.3, 0.4) is 0 Å². The zero-order valence-corrected chi connectivity index (χ0v) is 12.9. The molecule has 0 saturated heterocycles. The molecule has 1 saturated carbocycles. The second-order valence-electron chi connectivity index (χ2n) is 5.91. The van der Waals surface area contributed by atoms with E-state index in [9.17, 15) is 9.18 Å². The molecule has 5 heteroatoms. The maximum Gasteiger partial charge on any atom is 0.228 e. The zero-order chi connectivity index (χ0) is 16.1. The van der Waals surface area contributed by atoms with Gasteiger partial charge in [0, 0.05) is 6.04 Å². The first-order valence-electron chi connectivity index (χ1n) is 7.96. The number of hydrogen-bond donors (Lipinski definition) is 2. The molecule has 1 aromatic heterocycles. The molecule has 0 radical (unpaired) electrons. The molecular formula is C18H20FN3O. The number of benzene rings is 1. The van der Waals surface area contributed by atoms with Gasteiger partial charge in [0.15, 0.2) is 0 Å². The normalized spacial score (nSPS) is 14.7. The smallest absolute Gasteiger partial charge is 0.228 e. The summed E-state index contributed by atoms with van der Waals surface area (Å²) < 4.78 is 13.1. The molecule has 1 fully saturated rings. The number of carbonyl (C=O) groups excluding carboxylic acids is 1. The second kappa shape index (κ2) is 7.22. The summed E-state index contributed by atoms with van der Waals surface area (Å²) in [7, 11) is 0. The minimum atomic E-state index is -0.334. The number of nitrogens with one attached hydrogen (secondary N) is 2. The van der Waals surface area contributed by atoms with Crippen LogP contribution in [0.1, 0.15) is 31.2 Å². The Bertz CT molecular complexity index is 666. The van der Waals surface area contributed by atoms with Crippen molar-refractivity contribution in [3.8, 4) is 0 Å². The van der Waals surface area contributed by atoms with Crippen LogP contribution < -0.4 is 10.6 Å². The van der Waals surface area contributed by atoms with Gasteiger partial charge in [0.25, 0.3) is 0 Å². The van der Waals surface area contributed by atoms with Crippen molar-refractivity contribution < 1.29 is 9.18 Å². The second-order valence-corrected chi connectivity index (χ2v) is 5.91. The predicted octanol–water partition coefficient (Wildman–Crippen LogP) is 3.76. The molecule has 1 heterocycles. The molecule has 1 amide bonds. The fourth-order valence-corrected chi connectivity index (χ4v) is 2.87. The molecule has 2 N–H and O–H groups in total. The van der Waals surface area contributed by atoms with Crippen LogP contribution >= 0.6 is 0 Å². The van der Waals surface area contributed by atoms with Crippen molar-refractivity contribution in [3.05, 3.63) is 54.0 Å². The Kier molecular flexibility index (Phi) is 4.86. The number of pyridine rings is 1. The first kappa shape index (κ1) is 15.5. The van der Waals surface area contributed by atoms with Crippen molar-refractivity contribution in [3.63, 3.8) is 0 Å². The van der Waals surface area contributed by atoms with Crippen LogP contribution in [0.15, 0.2) is 42.6 Å². The molecule has 0 spiro atoms. The molecule has 23 heavy (non-hydrogen) atoms. The minimum absolute atomic E-state index is 0.139. The Morgan fingerprint density at radius 3 is 2.74 bits per heavy atom. The Morgan fingerprint density at radius 2 is 2.04 bits per heavy atom. The van der Waals surface area contributed by atoms with Gasteiger partial charge in [0.05, 0.1) is 18.3 Å². The van der Waals surface area contributed by atoms with E-state index in [0.717, 1.165) is 5.82 Å². The molecule has 0 bridgehead atoms. The maximum absolute atomic E-state index is 13.1. The van der Waals surface area contributed by atoms with Crippen LogP contribution in [0, 0.1) is 5.82 Å². The fraction of sp³-hybridized carbons (Fsp3) is 0.333. The van der Waals surface area contributed by atoms with Crippen LogP contribution in [0.5, 0.6) is 0 Å². The third kappa shape index (κ3) is 4.52. The molecule has 3 rings (SSSR count). The number of rotatable bonds is 5. The van der Waals surface area contributed by atoms with Crippen LogP contribution in [-0.2, 0) is 11.2 Å². The van der Waals surface area contributed by atoms with E-state index in [1.807, 2.05) is 12.1 Å². The largest absolute Gasteiger partial charge is 0.367 e. The monoisotopic (exact) mass is 313 g/mol. The van der Waals surface area contributed by atoms with Crippen molar-refractivity contribution in [2.75, 3.05) is 10.6 Å². The lowest BCUT2D eigenvalue weighted by molar-refractivity contribution is -0.115. The van der Waals surface area contributed by atoms with E-state index in [4.69, 9.17) is 0 Å². The number of nitrogens with zero attached hydrogens (tertiary/aromatic N) is 1. The molecule has 1 aliphatic carbocycles. The molecule has 0 aliphatic heterocycles. The van der Waals surface area contributed by atoms with Gasteiger partial charge in [-0.15, -0.1) is 0 Å². The molecule has 2 aromatic rings. The fourth-order valence-electron chi connectivity index (χ4n) is 2.87. The van der Waals surface area contributed by atoms with Gasteiger partial charge >= 0.3 is 0 Å². The maximum atomic E-state index is 13.1. The summed E-state index contributed by atoms with van der Waals surface area (Å²) in [5, 5.41) is 6.18. The van der Waals surface area contributed by atoms with E-state index in [1.54, 1.807) is 18.3 Å². The third-order valence-corrected chi connectivity index (χ3v) is 4.01. The van der Waals surface area contributed by atoms with Crippen LogP contribution in [0.25, 0.3) is 0 Å². The minimum Gasteiger partial charge on any atom is -0.367 e. The van der Waals surface area contributed by atoms with E-state index in [2.05, 4.69) is 15.6 Å². The number of anilines is 2. The standard InChI is InChI=1S/C18H20FN3O/c19-14-5-3-4-13(10-14)11-18(23)22-16-8-9-17(20-12-16)21-15-6-1-2-7-15/h3-5,8-10,12,15H,1-2,6-7,11H2,(H,20,21)(H,22,23). The first-order chi connectivity index (χ1) is 11.2. The predicted molar refractivity (Wildman–Crippen MR) is 88.8 cm³/mol. The molecule has 0 unspecified atom stereocenters. The van der Waals surface area contributed by atoms with Crippen LogP contribution in [0.4, 0.5) is 15.9 Å². The molecule has 120 valence electrons. The lowest BCUT2D eigenvalue weighted by atomic mass is 10.1. The SMILES string of the molecule is O=C(Cc1cccc(F)c1)Nc1ccc(NC2CCCC2)nc1. The first-order valence-corrected chi connectivity index (χ1v) is 7.96. The summed E-state index contributed by atoms with van der Waals surface area (Å²) in [4.78, 5) is 16.3. The highest BCUT2D eigenvalue weighted by molar-refractivity contribution is 5.92. The summed E-state index contributed by atoms with van der Waals surface area (Å²) in [5.74, 6) is 0.313. The highest BCUT2D eigenvalue weighted by Crippen LogP contribution is 2.21. The summed E-state index contributed by atoms with van der Waals surface area (Å²) in [5.41, 5.74) is 1.29. The Balaban J connectivity index is 1.54. The lowest BCUT2D eigenvalue weighted by Crippen LogP contribution is -2.16.